The molecule has 2 rings (SSSR count). The molecule has 1 aliphatic heterocycles. The Hall–Kier alpha value is -2.06. The third-order valence-corrected chi connectivity index (χ3v) is 6.56. The van der Waals surface area contributed by atoms with Gasteiger partial charge in [0.15, 0.2) is 0 Å². The Kier molecular flexibility index (Phi) is 8.99. The summed E-state index contributed by atoms with van der Waals surface area (Å²) in [6.07, 6.45) is -1.58. The molecule has 2 fully saturated rings. The molecule has 1 aliphatic carbocycles. The fraction of sp³-hybridized carbons (Fsp3) is 0.842. The van der Waals surface area contributed by atoms with Crippen molar-refractivity contribution in [3.8, 4) is 0 Å². The Morgan fingerprint density at radius 2 is 1.91 bits per heavy atom. The summed E-state index contributed by atoms with van der Waals surface area (Å²) in [5, 5.41) is 17.2. The zero-order valence-corrected chi connectivity index (χ0v) is 19.2. The number of alkyl carbamates (subject to hydrolysis) is 1. The highest BCUT2D eigenvalue weighted by Gasteiger charge is 2.45. The van der Waals surface area contributed by atoms with Gasteiger partial charge < -0.3 is 25.8 Å². The fourth-order valence-corrected chi connectivity index (χ4v) is 4.49. The van der Waals surface area contributed by atoms with Crippen LogP contribution in [0.1, 0.15) is 46.0 Å². The Morgan fingerprint density at radius 1 is 1.27 bits per heavy atom. The molecule has 1 saturated heterocycles. The van der Waals surface area contributed by atoms with E-state index in [2.05, 4.69) is 16.0 Å². The number of halogens is 2. The molecule has 33 heavy (non-hydrogen) atoms. The van der Waals surface area contributed by atoms with Gasteiger partial charge in [-0.3, -0.25) is 14.1 Å². The van der Waals surface area contributed by atoms with Crippen molar-refractivity contribution < 1.29 is 46.0 Å². The van der Waals surface area contributed by atoms with E-state index in [0.29, 0.717) is 13.0 Å². The van der Waals surface area contributed by atoms with E-state index in [1.165, 1.54) is 0 Å². The lowest BCUT2D eigenvalue weighted by Crippen LogP contribution is -2.55. The standard InChI is InChI=1S/C19H31F2N3O8S/c1-10(2)5-13(24-18(28)32-9-11-7-19(20,21)8-11)16(26)23-14(17(27)33(29,30)31)6-12-3-4-22-15(12)25/h10-14,17,27H,3-9H2,1-2H3,(H,22,25)(H,23,26)(H,24,28)(H,29,30,31). The van der Waals surface area contributed by atoms with Crippen molar-refractivity contribution in [1.29, 1.82) is 0 Å². The van der Waals surface area contributed by atoms with E-state index < -0.39 is 57.4 Å². The summed E-state index contributed by atoms with van der Waals surface area (Å²) in [5.74, 6) is -5.26. The lowest BCUT2D eigenvalue weighted by molar-refractivity contribution is -0.127. The highest BCUT2D eigenvalue weighted by Crippen LogP contribution is 2.42. The fourth-order valence-electron chi connectivity index (χ4n) is 3.90. The van der Waals surface area contributed by atoms with Gasteiger partial charge in [0.25, 0.3) is 10.1 Å². The smallest absolute Gasteiger partial charge is 0.407 e. The first kappa shape index (κ1) is 27.2. The predicted molar refractivity (Wildman–Crippen MR) is 111 cm³/mol. The van der Waals surface area contributed by atoms with Crippen molar-refractivity contribution in [1.82, 2.24) is 16.0 Å². The van der Waals surface area contributed by atoms with Gasteiger partial charge in [0.2, 0.25) is 23.2 Å². The topological polar surface area (TPSA) is 171 Å². The summed E-state index contributed by atoms with van der Waals surface area (Å²) in [7, 11) is -4.97. The third-order valence-electron chi connectivity index (χ3n) is 5.62. The average Bonchev–Trinajstić information content (AvgIpc) is 3.06. The van der Waals surface area contributed by atoms with Gasteiger partial charge in [0.1, 0.15) is 6.04 Å². The van der Waals surface area contributed by atoms with Crippen LogP contribution in [0.4, 0.5) is 13.6 Å². The maximum atomic E-state index is 12.9. The number of alkyl halides is 2. The first-order valence-electron chi connectivity index (χ1n) is 10.7. The van der Waals surface area contributed by atoms with Crippen LogP contribution in [-0.2, 0) is 24.4 Å². The third kappa shape index (κ3) is 8.34. The van der Waals surface area contributed by atoms with Gasteiger partial charge in [-0.15, -0.1) is 0 Å². The molecule has 2 aliphatic rings. The Bertz CT molecular complexity index is 831. The zero-order chi connectivity index (χ0) is 25.0. The molecule has 0 aromatic rings. The largest absolute Gasteiger partial charge is 0.449 e. The number of carbonyl (C=O) groups is 3. The van der Waals surface area contributed by atoms with E-state index in [9.17, 15) is 41.2 Å². The molecule has 0 radical (unpaired) electrons. The molecular weight excluding hydrogens is 468 g/mol. The number of rotatable bonds is 11. The molecule has 0 aromatic carbocycles. The number of hydrogen-bond donors (Lipinski definition) is 5. The van der Waals surface area contributed by atoms with Gasteiger partial charge in [-0.2, -0.15) is 8.42 Å². The van der Waals surface area contributed by atoms with Crippen LogP contribution in [0, 0.1) is 17.8 Å². The van der Waals surface area contributed by atoms with Crippen LogP contribution in [0.2, 0.25) is 0 Å². The molecule has 4 atom stereocenters. The summed E-state index contributed by atoms with van der Waals surface area (Å²) >= 11 is 0. The molecule has 190 valence electrons. The average molecular weight is 500 g/mol. The van der Waals surface area contributed by atoms with Crippen LogP contribution >= 0.6 is 0 Å². The van der Waals surface area contributed by atoms with Gasteiger partial charge in [0.05, 0.1) is 12.6 Å². The van der Waals surface area contributed by atoms with Crippen LogP contribution in [0.25, 0.3) is 0 Å². The molecule has 0 spiro atoms. The highest BCUT2D eigenvalue weighted by molar-refractivity contribution is 7.86. The van der Waals surface area contributed by atoms with Crippen LogP contribution in [-0.4, -0.2) is 72.6 Å². The highest BCUT2D eigenvalue weighted by atomic mass is 32.2. The molecule has 4 unspecified atom stereocenters. The monoisotopic (exact) mass is 499 g/mol. The molecule has 3 amide bonds. The lowest BCUT2D eigenvalue weighted by atomic mass is 9.82. The first-order chi connectivity index (χ1) is 15.2. The van der Waals surface area contributed by atoms with E-state index >= 15 is 0 Å². The van der Waals surface area contributed by atoms with Crippen molar-refractivity contribution in [2.24, 2.45) is 17.8 Å². The molecule has 14 heteroatoms. The van der Waals surface area contributed by atoms with Crippen molar-refractivity contribution in [2.45, 2.75) is 69.4 Å². The van der Waals surface area contributed by atoms with Gasteiger partial charge in [-0.05, 0) is 25.2 Å². The molecule has 11 nitrogen and oxygen atoms in total. The van der Waals surface area contributed by atoms with Gasteiger partial charge >= 0.3 is 6.09 Å². The second kappa shape index (κ2) is 10.9. The first-order valence-corrected chi connectivity index (χ1v) is 12.2. The van der Waals surface area contributed by atoms with Crippen LogP contribution in [0.5, 0.6) is 0 Å². The number of nitrogens with one attached hydrogen (secondary N) is 3. The van der Waals surface area contributed by atoms with E-state index in [-0.39, 0.29) is 44.1 Å². The Balaban J connectivity index is 2.02. The summed E-state index contributed by atoms with van der Waals surface area (Å²) in [4.78, 5) is 36.8. The quantitative estimate of drug-likeness (QED) is 0.254. The number of aliphatic hydroxyl groups is 1. The minimum absolute atomic E-state index is 0.100. The minimum Gasteiger partial charge on any atom is -0.449 e. The Labute approximate surface area is 190 Å². The van der Waals surface area contributed by atoms with E-state index in [1.54, 1.807) is 13.8 Å². The summed E-state index contributed by atoms with van der Waals surface area (Å²) < 4.78 is 62.9. The molecule has 1 heterocycles. The van der Waals surface area contributed by atoms with Gasteiger partial charge in [-0.25, -0.2) is 13.6 Å². The van der Waals surface area contributed by atoms with Crippen molar-refractivity contribution in [3.63, 3.8) is 0 Å². The maximum Gasteiger partial charge on any atom is 0.407 e. The molecular formula is C19H31F2N3O8S. The second-order valence-corrected chi connectivity index (χ2v) is 10.6. The molecule has 5 N–H and O–H groups in total. The normalized spacial score (nSPS) is 23.2. The summed E-state index contributed by atoms with van der Waals surface area (Å²) in [6, 6.07) is -2.72. The van der Waals surface area contributed by atoms with E-state index in [0.717, 1.165) is 0 Å². The van der Waals surface area contributed by atoms with Crippen LogP contribution in [0.15, 0.2) is 0 Å². The van der Waals surface area contributed by atoms with E-state index in [4.69, 9.17) is 4.74 Å². The number of amides is 3. The minimum atomic E-state index is -4.97. The number of carbonyl (C=O) groups excluding carboxylic acids is 3. The summed E-state index contributed by atoms with van der Waals surface area (Å²) in [5.41, 5.74) is -2.39. The summed E-state index contributed by atoms with van der Waals surface area (Å²) in [6.45, 7) is 3.63. The van der Waals surface area contributed by atoms with Gasteiger partial charge in [0, 0.05) is 31.2 Å². The van der Waals surface area contributed by atoms with Gasteiger partial charge in [-0.1, -0.05) is 13.8 Å². The maximum absolute atomic E-state index is 12.9. The number of aliphatic hydroxyl groups excluding tert-OH is 1. The molecule has 0 aromatic heterocycles. The van der Waals surface area contributed by atoms with Crippen LogP contribution in [0.3, 0.4) is 0 Å². The SMILES string of the molecule is CC(C)CC(NC(=O)OCC1CC(F)(F)C1)C(=O)NC(CC1CCNC1=O)C(O)S(=O)(=O)O. The zero-order valence-electron chi connectivity index (χ0n) is 18.4. The van der Waals surface area contributed by atoms with Crippen molar-refractivity contribution >= 4 is 28.0 Å². The number of hydrogen-bond acceptors (Lipinski definition) is 7. The van der Waals surface area contributed by atoms with Crippen molar-refractivity contribution in [3.05, 3.63) is 0 Å². The van der Waals surface area contributed by atoms with Crippen LogP contribution < -0.4 is 16.0 Å². The Morgan fingerprint density at radius 3 is 2.39 bits per heavy atom. The molecule has 1 saturated carbocycles. The van der Waals surface area contributed by atoms with Crippen molar-refractivity contribution in [2.75, 3.05) is 13.2 Å². The molecule has 0 bridgehead atoms. The second-order valence-electron chi connectivity index (χ2n) is 9.09. The van der Waals surface area contributed by atoms with E-state index in [1.807, 2.05) is 0 Å². The number of ether oxygens (including phenoxy) is 1. The lowest BCUT2D eigenvalue weighted by Gasteiger charge is -2.34. The predicted octanol–water partition coefficient (Wildman–Crippen LogP) is 0.390.